The standard InChI is InChI=1S/C15H13ClO3/c16-11-19-15(17)13-7-4-8-14(9-13)18-10-12-5-2-1-3-6-12/h1-9H,10-11H2. The maximum atomic E-state index is 11.5. The zero-order chi connectivity index (χ0) is 13.5. The van der Waals surface area contributed by atoms with Crippen LogP contribution < -0.4 is 4.74 Å². The third-order valence-electron chi connectivity index (χ3n) is 2.50. The summed E-state index contributed by atoms with van der Waals surface area (Å²) in [5.41, 5.74) is 1.49. The van der Waals surface area contributed by atoms with Gasteiger partial charge < -0.3 is 9.47 Å². The van der Waals surface area contributed by atoms with Gasteiger partial charge in [0.2, 0.25) is 0 Å². The van der Waals surface area contributed by atoms with Crippen molar-refractivity contribution in [1.82, 2.24) is 0 Å². The third-order valence-corrected chi connectivity index (χ3v) is 2.61. The van der Waals surface area contributed by atoms with Gasteiger partial charge in [-0.1, -0.05) is 48.0 Å². The highest BCUT2D eigenvalue weighted by Crippen LogP contribution is 2.16. The van der Waals surface area contributed by atoms with E-state index in [0.717, 1.165) is 5.56 Å². The van der Waals surface area contributed by atoms with Crippen LogP contribution >= 0.6 is 11.6 Å². The highest BCUT2D eigenvalue weighted by Gasteiger charge is 2.07. The molecule has 0 amide bonds. The highest BCUT2D eigenvalue weighted by atomic mass is 35.5. The molecule has 0 aliphatic carbocycles. The molecular weight excluding hydrogens is 264 g/mol. The first-order valence-electron chi connectivity index (χ1n) is 5.79. The maximum absolute atomic E-state index is 11.5. The second kappa shape index (κ2) is 6.81. The first-order chi connectivity index (χ1) is 9.29. The topological polar surface area (TPSA) is 35.5 Å². The minimum absolute atomic E-state index is 0.159. The molecule has 0 bridgehead atoms. The van der Waals surface area contributed by atoms with Crippen molar-refractivity contribution in [2.24, 2.45) is 0 Å². The number of benzene rings is 2. The summed E-state index contributed by atoms with van der Waals surface area (Å²) in [4.78, 5) is 11.5. The molecule has 0 spiro atoms. The van der Waals surface area contributed by atoms with Crippen molar-refractivity contribution in [3.05, 3.63) is 65.7 Å². The van der Waals surface area contributed by atoms with Gasteiger partial charge in [0.15, 0.2) is 6.07 Å². The predicted molar refractivity (Wildman–Crippen MR) is 73.4 cm³/mol. The molecule has 3 nitrogen and oxygen atoms in total. The number of esters is 1. The van der Waals surface area contributed by atoms with E-state index in [0.29, 0.717) is 17.9 Å². The normalized spacial score (nSPS) is 9.95. The molecule has 0 saturated carbocycles. The minimum atomic E-state index is -0.458. The Balaban J connectivity index is 2.01. The molecular formula is C15H13ClO3. The average molecular weight is 277 g/mol. The molecule has 0 N–H and O–H groups in total. The van der Waals surface area contributed by atoms with Gasteiger partial charge in [0.25, 0.3) is 0 Å². The van der Waals surface area contributed by atoms with Gasteiger partial charge in [0.05, 0.1) is 5.56 Å². The van der Waals surface area contributed by atoms with E-state index in [1.807, 2.05) is 30.3 Å². The van der Waals surface area contributed by atoms with Crippen molar-refractivity contribution < 1.29 is 14.3 Å². The summed E-state index contributed by atoms with van der Waals surface area (Å²) in [5.74, 6) is 0.160. The van der Waals surface area contributed by atoms with E-state index in [4.69, 9.17) is 21.1 Å². The van der Waals surface area contributed by atoms with Crippen molar-refractivity contribution in [2.75, 3.05) is 6.07 Å². The van der Waals surface area contributed by atoms with E-state index in [2.05, 4.69) is 0 Å². The van der Waals surface area contributed by atoms with E-state index < -0.39 is 5.97 Å². The molecule has 0 radical (unpaired) electrons. The molecule has 2 rings (SSSR count). The second-order valence-corrected chi connectivity index (χ2v) is 4.06. The molecule has 2 aromatic carbocycles. The van der Waals surface area contributed by atoms with Crippen molar-refractivity contribution >= 4 is 17.6 Å². The summed E-state index contributed by atoms with van der Waals surface area (Å²) >= 11 is 5.35. The number of hydrogen-bond donors (Lipinski definition) is 0. The van der Waals surface area contributed by atoms with Crippen molar-refractivity contribution in [3.63, 3.8) is 0 Å². The fourth-order valence-corrected chi connectivity index (χ4v) is 1.69. The first-order valence-corrected chi connectivity index (χ1v) is 6.33. The molecule has 0 fully saturated rings. The number of carbonyl (C=O) groups excluding carboxylic acids is 1. The lowest BCUT2D eigenvalue weighted by molar-refractivity contribution is 0.0573. The van der Waals surface area contributed by atoms with Crippen molar-refractivity contribution in [2.45, 2.75) is 6.61 Å². The van der Waals surface area contributed by atoms with Crippen LogP contribution in [0, 0.1) is 0 Å². The number of hydrogen-bond acceptors (Lipinski definition) is 3. The smallest absolute Gasteiger partial charge is 0.339 e. The Morgan fingerprint density at radius 3 is 2.58 bits per heavy atom. The van der Waals surface area contributed by atoms with E-state index >= 15 is 0 Å². The number of halogens is 1. The van der Waals surface area contributed by atoms with Gasteiger partial charge in [0.1, 0.15) is 12.4 Å². The van der Waals surface area contributed by atoms with E-state index in [-0.39, 0.29) is 6.07 Å². The predicted octanol–water partition coefficient (Wildman–Crippen LogP) is 3.62. The molecule has 0 aliphatic heterocycles. The Hall–Kier alpha value is -2.00. The largest absolute Gasteiger partial charge is 0.489 e. The Bertz CT molecular complexity index is 540. The molecule has 0 aliphatic rings. The van der Waals surface area contributed by atoms with Crippen LogP contribution in [0.2, 0.25) is 0 Å². The van der Waals surface area contributed by atoms with Gasteiger partial charge in [-0.3, -0.25) is 0 Å². The van der Waals surface area contributed by atoms with Crippen LogP contribution in [-0.2, 0) is 11.3 Å². The van der Waals surface area contributed by atoms with E-state index in [9.17, 15) is 4.79 Å². The van der Waals surface area contributed by atoms with Crippen LogP contribution in [0.25, 0.3) is 0 Å². The average Bonchev–Trinajstić information content (AvgIpc) is 2.47. The Kier molecular flexibility index (Phi) is 4.81. The molecule has 0 unspecified atom stereocenters. The minimum Gasteiger partial charge on any atom is -0.489 e. The van der Waals surface area contributed by atoms with Gasteiger partial charge in [0, 0.05) is 0 Å². The lowest BCUT2D eigenvalue weighted by Gasteiger charge is -2.07. The summed E-state index contributed by atoms with van der Waals surface area (Å²) in [6, 6.07) is 16.5. The number of alkyl halides is 1. The summed E-state index contributed by atoms with van der Waals surface area (Å²) in [7, 11) is 0. The van der Waals surface area contributed by atoms with E-state index in [1.165, 1.54) is 0 Å². The molecule has 0 saturated heterocycles. The van der Waals surface area contributed by atoms with Crippen molar-refractivity contribution in [3.8, 4) is 5.75 Å². The molecule has 4 heteroatoms. The number of carbonyl (C=O) groups is 1. The van der Waals surface area contributed by atoms with E-state index in [1.54, 1.807) is 24.3 Å². The molecule has 0 atom stereocenters. The molecule has 98 valence electrons. The van der Waals surface area contributed by atoms with Gasteiger partial charge in [-0.05, 0) is 23.8 Å². The Morgan fingerprint density at radius 2 is 1.84 bits per heavy atom. The van der Waals surface area contributed by atoms with Crippen LogP contribution in [0.4, 0.5) is 0 Å². The quantitative estimate of drug-likeness (QED) is 0.618. The van der Waals surface area contributed by atoms with Crippen LogP contribution in [0.1, 0.15) is 15.9 Å². The van der Waals surface area contributed by atoms with Gasteiger partial charge in [-0.2, -0.15) is 0 Å². The zero-order valence-corrected chi connectivity index (χ0v) is 11.0. The van der Waals surface area contributed by atoms with Gasteiger partial charge in [-0.25, -0.2) is 4.79 Å². The Labute approximate surface area is 116 Å². The zero-order valence-electron chi connectivity index (χ0n) is 10.2. The van der Waals surface area contributed by atoms with Crippen molar-refractivity contribution in [1.29, 1.82) is 0 Å². The second-order valence-electron chi connectivity index (χ2n) is 3.84. The summed E-state index contributed by atoms with van der Waals surface area (Å²) < 4.78 is 10.3. The monoisotopic (exact) mass is 276 g/mol. The first kappa shape index (κ1) is 13.4. The highest BCUT2D eigenvalue weighted by molar-refractivity contribution is 6.17. The summed E-state index contributed by atoms with van der Waals surface area (Å²) in [6.07, 6.45) is 0. The molecule has 0 aromatic heterocycles. The molecule has 19 heavy (non-hydrogen) atoms. The fraction of sp³-hybridized carbons (Fsp3) is 0.133. The van der Waals surface area contributed by atoms with Crippen LogP contribution in [0.5, 0.6) is 5.75 Å². The molecule has 2 aromatic rings. The van der Waals surface area contributed by atoms with Crippen LogP contribution in [0.15, 0.2) is 54.6 Å². The number of rotatable bonds is 5. The summed E-state index contributed by atoms with van der Waals surface area (Å²) in [6.45, 7) is 0.453. The lowest BCUT2D eigenvalue weighted by Crippen LogP contribution is -2.04. The fourth-order valence-electron chi connectivity index (χ4n) is 1.59. The summed E-state index contributed by atoms with van der Waals surface area (Å²) in [5, 5.41) is 0. The Morgan fingerprint density at radius 1 is 1.05 bits per heavy atom. The lowest BCUT2D eigenvalue weighted by atomic mass is 10.2. The SMILES string of the molecule is O=C(OCCl)c1cccc(OCc2ccccc2)c1. The van der Waals surface area contributed by atoms with Crippen LogP contribution in [-0.4, -0.2) is 12.0 Å². The number of ether oxygens (including phenoxy) is 2. The maximum Gasteiger partial charge on any atom is 0.339 e. The van der Waals surface area contributed by atoms with Crippen LogP contribution in [0.3, 0.4) is 0 Å². The molecule has 0 heterocycles. The van der Waals surface area contributed by atoms with Gasteiger partial charge in [-0.15, -0.1) is 0 Å². The third kappa shape index (κ3) is 4.00. The van der Waals surface area contributed by atoms with Gasteiger partial charge >= 0.3 is 5.97 Å².